The van der Waals surface area contributed by atoms with E-state index >= 15 is 0 Å². The summed E-state index contributed by atoms with van der Waals surface area (Å²) in [7, 11) is 0. The maximum absolute atomic E-state index is 14.1. The lowest BCUT2D eigenvalue weighted by Gasteiger charge is -2.19. The van der Waals surface area contributed by atoms with Crippen LogP contribution in [0.15, 0.2) is 53.8 Å². The van der Waals surface area contributed by atoms with E-state index in [9.17, 15) is 26.7 Å². The zero-order valence-electron chi connectivity index (χ0n) is 14.4. The lowest BCUT2D eigenvalue weighted by atomic mass is 10.1. The molecule has 28 heavy (non-hydrogen) atoms. The van der Waals surface area contributed by atoms with Crippen molar-refractivity contribution in [3.8, 4) is 5.75 Å². The Morgan fingerprint density at radius 3 is 2.64 bits per heavy atom. The molecule has 3 rings (SSSR count). The zero-order chi connectivity index (χ0) is 20.3. The molecule has 1 amide bonds. The maximum atomic E-state index is 14.1. The minimum Gasteiger partial charge on any atom is -0.491 e. The number of nitrogens with one attached hydrogen (secondary N) is 3. The Hall–Kier alpha value is -3.04. The Morgan fingerprint density at radius 1 is 1.18 bits per heavy atom. The van der Waals surface area contributed by atoms with Gasteiger partial charge in [-0.1, -0.05) is 0 Å². The summed E-state index contributed by atoms with van der Waals surface area (Å²) in [6.07, 6.45) is -2.08. The highest BCUT2D eigenvalue weighted by molar-refractivity contribution is 5.96. The van der Waals surface area contributed by atoms with Gasteiger partial charge in [-0.15, -0.1) is 0 Å². The second-order valence-electron chi connectivity index (χ2n) is 6.12. The number of carbonyl (C=O) groups is 1. The van der Waals surface area contributed by atoms with E-state index < -0.39 is 30.1 Å². The number of hydrogen-bond acceptors (Lipinski definition) is 4. The van der Waals surface area contributed by atoms with Gasteiger partial charge >= 0.3 is 6.18 Å². The Labute approximate surface area is 156 Å². The van der Waals surface area contributed by atoms with E-state index in [1.54, 1.807) is 0 Å². The van der Waals surface area contributed by atoms with Crippen LogP contribution in [-0.2, 0) is 0 Å². The number of allylic oxidation sites excluding steroid dienone is 2. The van der Waals surface area contributed by atoms with Gasteiger partial charge in [0.25, 0.3) is 5.91 Å². The first-order chi connectivity index (χ1) is 13.2. The van der Waals surface area contributed by atoms with Gasteiger partial charge in [-0.3, -0.25) is 4.79 Å². The number of dihydropyridines is 1. The second-order valence-corrected chi connectivity index (χ2v) is 6.12. The molecule has 0 bridgehead atoms. The topological polar surface area (TPSA) is 62.4 Å². The monoisotopic (exact) mass is 401 g/mol. The molecule has 5 nitrogen and oxygen atoms in total. The van der Waals surface area contributed by atoms with Gasteiger partial charge in [-0.05, 0) is 30.7 Å². The summed E-state index contributed by atoms with van der Waals surface area (Å²) >= 11 is 0. The fourth-order valence-corrected chi connectivity index (χ4v) is 2.66. The van der Waals surface area contributed by atoms with Crippen LogP contribution in [0.5, 0.6) is 5.75 Å². The predicted molar refractivity (Wildman–Crippen MR) is 90.1 cm³/mol. The molecule has 2 aliphatic heterocycles. The van der Waals surface area contributed by atoms with E-state index in [4.69, 9.17) is 4.74 Å². The van der Waals surface area contributed by atoms with Crippen molar-refractivity contribution in [2.75, 3.05) is 6.61 Å². The predicted octanol–water partition coefficient (Wildman–Crippen LogP) is 3.39. The molecule has 1 aromatic carbocycles. The summed E-state index contributed by atoms with van der Waals surface area (Å²) in [6, 6.07) is 3.38. The first-order valence-electron chi connectivity index (χ1n) is 8.33. The first kappa shape index (κ1) is 19.7. The minimum atomic E-state index is -4.30. The molecule has 1 aromatic rings. The normalized spacial score (nSPS) is 18.2. The van der Waals surface area contributed by atoms with Gasteiger partial charge in [-0.25, -0.2) is 8.78 Å². The molecular weight excluding hydrogens is 385 g/mol. The highest BCUT2D eigenvalue weighted by atomic mass is 19.4. The van der Waals surface area contributed by atoms with Crippen LogP contribution in [0.4, 0.5) is 22.0 Å². The van der Waals surface area contributed by atoms with Gasteiger partial charge in [0.15, 0.2) is 11.6 Å². The fourth-order valence-electron chi connectivity index (χ4n) is 2.66. The molecule has 1 atom stereocenters. The maximum Gasteiger partial charge on any atom is 0.389 e. The third kappa shape index (κ3) is 4.81. The van der Waals surface area contributed by atoms with Crippen LogP contribution in [0.1, 0.15) is 23.2 Å². The molecule has 0 radical (unpaired) electrons. The van der Waals surface area contributed by atoms with Crippen molar-refractivity contribution >= 4 is 5.91 Å². The average molecular weight is 401 g/mol. The number of carbonyl (C=O) groups excluding carboxylic acids is 1. The van der Waals surface area contributed by atoms with E-state index in [0.717, 1.165) is 6.07 Å². The third-order valence-corrected chi connectivity index (χ3v) is 4.00. The standard InChI is InChI=1S/C18H16F5N3O2/c19-11-7-12-14(9-25-16(12)24-8-11)26-17(27)10-2-3-15(13(20)6-10)28-5-1-4-18(21,22)23/h2-3,6-9,16,24-25H,1,4-5H2,(H,26,27). The quantitative estimate of drug-likeness (QED) is 0.505. The number of ether oxygens (including phenoxy) is 1. The lowest BCUT2D eigenvalue weighted by Crippen LogP contribution is -2.37. The van der Waals surface area contributed by atoms with Gasteiger partial charge in [0.05, 0.1) is 12.3 Å². The number of amides is 1. The third-order valence-electron chi connectivity index (χ3n) is 4.00. The minimum absolute atomic E-state index is 0.0233. The molecular formula is C18H16F5N3O2. The SMILES string of the molecule is O=C(NC1=CNC2NC=C(F)C=C12)c1ccc(OCCCC(F)(F)F)c(F)c1. The summed E-state index contributed by atoms with van der Waals surface area (Å²) in [5.41, 5.74) is 0.793. The van der Waals surface area contributed by atoms with Gasteiger partial charge in [-0.2, -0.15) is 13.2 Å². The summed E-state index contributed by atoms with van der Waals surface area (Å²) in [5, 5.41) is 8.22. The number of hydrogen-bond donors (Lipinski definition) is 3. The molecule has 2 heterocycles. The highest BCUT2D eigenvalue weighted by Gasteiger charge is 2.27. The zero-order valence-corrected chi connectivity index (χ0v) is 14.4. The van der Waals surface area contributed by atoms with Crippen molar-refractivity contribution < 1.29 is 31.5 Å². The smallest absolute Gasteiger partial charge is 0.389 e. The molecule has 0 spiro atoms. The van der Waals surface area contributed by atoms with E-state index in [1.165, 1.54) is 30.6 Å². The molecule has 1 unspecified atom stereocenters. The van der Waals surface area contributed by atoms with Crippen LogP contribution < -0.4 is 20.7 Å². The van der Waals surface area contributed by atoms with Crippen LogP contribution in [0.3, 0.4) is 0 Å². The summed E-state index contributed by atoms with van der Waals surface area (Å²) in [5.74, 6) is -2.25. The van der Waals surface area contributed by atoms with E-state index in [1.807, 2.05) is 0 Å². The van der Waals surface area contributed by atoms with Crippen LogP contribution in [0.2, 0.25) is 0 Å². The largest absolute Gasteiger partial charge is 0.491 e. The van der Waals surface area contributed by atoms with Gasteiger partial charge in [0.1, 0.15) is 12.0 Å². The molecule has 0 aliphatic carbocycles. The summed E-state index contributed by atoms with van der Waals surface area (Å²) < 4.78 is 68.7. The number of alkyl halides is 3. The molecule has 0 saturated heterocycles. The van der Waals surface area contributed by atoms with Gasteiger partial charge in [0.2, 0.25) is 0 Å². The molecule has 0 aromatic heterocycles. The molecule has 150 valence electrons. The lowest BCUT2D eigenvalue weighted by molar-refractivity contribution is -0.136. The second kappa shape index (κ2) is 7.91. The fraction of sp³-hybridized carbons (Fsp3) is 0.278. The average Bonchev–Trinajstić information content (AvgIpc) is 3.01. The highest BCUT2D eigenvalue weighted by Crippen LogP contribution is 2.25. The van der Waals surface area contributed by atoms with Crippen LogP contribution >= 0.6 is 0 Å². The van der Waals surface area contributed by atoms with Crippen LogP contribution in [0.25, 0.3) is 0 Å². The van der Waals surface area contributed by atoms with Crippen molar-refractivity contribution in [2.24, 2.45) is 0 Å². The van der Waals surface area contributed by atoms with Crippen molar-refractivity contribution in [1.29, 1.82) is 0 Å². The van der Waals surface area contributed by atoms with E-state index in [2.05, 4.69) is 16.0 Å². The molecule has 10 heteroatoms. The number of fused-ring (bicyclic) bond motifs is 1. The van der Waals surface area contributed by atoms with Crippen molar-refractivity contribution in [1.82, 2.24) is 16.0 Å². The Morgan fingerprint density at radius 2 is 1.93 bits per heavy atom. The van der Waals surface area contributed by atoms with Crippen LogP contribution in [-0.4, -0.2) is 24.9 Å². The first-order valence-corrected chi connectivity index (χ1v) is 8.33. The summed E-state index contributed by atoms with van der Waals surface area (Å²) in [4.78, 5) is 12.3. The number of rotatable bonds is 6. The van der Waals surface area contributed by atoms with Gasteiger partial charge < -0.3 is 20.7 Å². The molecule has 3 N–H and O–H groups in total. The Balaban J connectivity index is 1.59. The Bertz CT molecular complexity index is 861. The van der Waals surface area contributed by atoms with E-state index in [-0.39, 0.29) is 30.5 Å². The van der Waals surface area contributed by atoms with Gasteiger partial charge in [0, 0.05) is 30.0 Å². The Kier molecular flexibility index (Phi) is 5.57. The molecule has 0 fully saturated rings. The van der Waals surface area contributed by atoms with Crippen molar-refractivity contribution in [2.45, 2.75) is 25.2 Å². The van der Waals surface area contributed by atoms with Crippen LogP contribution in [0, 0.1) is 5.82 Å². The number of benzene rings is 1. The molecule has 2 aliphatic rings. The van der Waals surface area contributed by atoms with E-state index in [0.29, 0.717) is 11.3 Å². The van der Waals surface area contributed by atoms with Crippen molar-refractivity contribution in [3.63, 3.8) is 0 Å². The molecule has 0 saturated carbocycles. The van der Waals surface area contributed by atoms with Crippen molar-refractivity contribution in [3.05, 3.63) is 65.2 Å². The number of halogens is 5. The summed E-state index contributed by atoms with van der Waals surface area (Å²) in [6.45, 7) is -0.303.